The third-order valence-electron chi connectivity index (χ3n) is 4.86. The highest BCUT2D eigenvalue weighted by Gasteiger charge is 2.21. The lowest BCUT2D eigenvalue weighted by atomic mass is 10.0. The maximum absolute atomic E-state index is 12.7. The average molecular weight is 448 g/mol. The lowest BCUT2D eigenvalue weighted by Gasteiger charge is -2.19. The summed E-state index contributed by atoms with van der Waals surface area (Å²) >= 11 is 0. The maximum Gasteiger partial charge on any atom is 0.275 e. The second-order valence-electron chi connectivity index (χ2n) is 8.30. The number of nitrogens with one attached hydrogen (secondary N) is 2. The molecular formula is C24H29N7O2. The van der Waals surface area contributed by atoms with E-state index in [2.05, 4.69) is 25.6 Å². The van der Waals surface area contributed by atoms with E-state index >= 15 is 0 Å². The van der Waals surface area contributed by atoms with Gasteiger partial charge in [0.1, 0.15) is 11.9 Å². The first kappa shape index (κ1) is 23.6. The van der Waals surface area contributed by atoms with Crippen LogP contribution < -0.4 is 16.4 Å². The third kappa shape index (κ3) is 6.25. The zero-order valence-electron chi connectivity index (χ0n) is 19.2. The molecule has 33 heavy (non-hydrogen) atoms. The van der Waals surface area contributed by atoms with Crippen LogP contribution in [0.15, 0.2) is 54.9 Å². The van der Waals surface area contributed by atoms with Crippen LogP contribution in [0.4, 0.5) is 17.3 Å². The standard InChI is InChI=1S/C24H29N7O2/c1-15(2)13-19(22(25)32)29-20-14-27-21(24(33)31(3)4)23(30-20)28-17-10-8-16(9-11-17)18-7-5-6-12-26-18/h5-12,14-15,19H,13H2,1-4H3,(H2,25,32)(H2,28,29,30)/t19-/m1/s1. The highest BCUT2D eigenvalue weighted by molar-refractivity contribution is 5.97. The summed E-state index contributed by atoms with van der Waals surface area (Å²) < 4.78 is 0. The lowest BCUT2D eigenvalue weighted by molar-refractivity contribution is -0.119. The Morgan fingerprint density at radius 1 is 1.06 bits per heavy atom. The van der Waals surface area contributed by atoms with E-state index in [0.717, 1.165) is 16.9 Å². The largest absolute Gasteiger partial charge is 0.368 e. The molecule has 9 nitrogen and oxygen atoms in total. The SMILES string of the molecule is CC(C)C[C@@H](Nc1cnc(C(=O)N(C)C)c(Nc2ccc(-c3ccccn3)cc2)n1)C(N)=O. The van der Waals surface area contributed by atoms with Gasteiger partial charge in [0.15, 0.2) is 11.5 Å². The number of carbonyl (C=O) groups excluding carboxylic acids is 2. The summed E-state index contributed by atoms with van der Waals surface area (Å²) in [6.45, 7) is 4.01. The smallest absolute Gasteiger partial charge is 0.275 e. The Morgan fingerprint density at radius 3 is 2.36 bits per heavy atom. The van der Waals surface area contributed by atoms with Crippen LogP contribution in [0.3, 0.4) is 0 Å². The highest BCUT2D eigenvalue weighted by Crippen LogP contribution is 2.24. The number of benzene rings is 1. The van der Waals surface area contributed by atoms with Gasteiger partial charge in [0.2, 0.25) is 5.91 Å². The van der Waals surface area contributed by atoms with E-state index in [1.807, 2.05) is 56.3 Å². The van der Waals surface area contributed by atoms with Crippen LogP contribution in [0.25, 0.3) is 11.3 Å². The molecular weight excluding hydrogens is 418 g/mol. The first-order valence-corrected chi connectivity index (χ1v) is 10.7. The third-order valence-corrected chi connectivity index (χ3v) is 4.86. The molecule has 0 aliphatic rings. The van der Waals surface area contributed by atoms with Crippen molar-refractivity contribution in [2.75, 3.05) is 24.7 Å². The van der Waals surface area contributed by atoms with Crippen molar-refractivity contribution in [2.45, 2.75) is 26.3 Å². The molecule has 9 heteroatoms. The Kier molecular flexibility index (Phi) is 7.55. The van der Waals surface area contributed by atoms with Gasteiger partial charge in [-0.05, 0) is 36.6 Å². The molecule has 2 heterocycles. The second-order valence-corrected chi connectivity index (χ2v) is 8.30. The molecule has 0 radical (unpaired) electrons. The number of anilines is 3. The fourth-order valence-electron chi connectivity index (χ4n) is 3.20. The molecule has 0 unspecified atom stereocenters. The van der Waals surface area contributed by atoms with Crippen LogP contribution in [-0.2, 0) is 4.79 Å². The van der Waals surface area contributed by atoms with E-state index in [9.17, 15) is 9.59 Å². The van der Waals surface area contributed by atoms with E-state index in [1.54, 1.807) is 20.3 Å². The highest BCUT2D eigenvalue weighted by atomic mass is 16.2. The molecule has 3 rings (SSSR count). The molecule has 0 aliphatic heterocycles. The van der Waals surface area contributed by atoms with Gasteiger partial charge in [0.25, 0.3) is 5.91 Å². The number of aromatic nitrogens is 3. The first-order chi connectivity index (χ1) is 15.7. The Morgan fingerprint density at radius 2 is 1.79 bits per heavy atom. The zero-order chi connectivity index (χ0) is 24.0. The molecule has 4 N–H and O–H groups in total. The number of rotatable bonds is 9. The second kappa shape index (κ2) is 10.5. The molecule has 2 amide bonds. The van der Waals surface area contributed by atoms with Crippen molar-refractivity contribution in [1.82, 2.24) is 19.9 Å². The van der Waals surface area contributed by atoms with Gasteiger partial charge in [-0.25, -0.2) is 9.97 Å². The summed E-state index contributed by atoms with van der Waals surface area (Å²) in [5, 5.41) is 6.21. The average Bonchev–Trinajstić information content (AvgIpc) is 2.79. The number of hydrogen-bond acceptors (Lipinski definition) is 7. The normalized spacial score (nSPS) is 11.7. The van der Waals surface area contributed by atoms with Gasteiger partial charge in [-0.15, -0.1) is 0 Å². The van der Waals surface area contributed by atoms with Crippen LogP contribution in [-0.4, -0.2) is 51.8 Å². The van der Waals surface area contributed by atoms with Crippen LogP contribution in [0.1, 0.15) is 30.8 Å². The molecule has 1 aromatic carbocycles. The van der Waals surface area contributed by atoms with E-state index in [-0.39, 0.29) is 23.3 Å². The topological polar surface area (TPSA) is 126 Å². The Bertz CT molecular complexity index is 1100. The van der Waals surface area contributed by atoms with Crippen molar-refractivity contribution in [1.29, 1.82) is 0 Å². The van der Waals surface area contributed by atoms with Gasteiger partial charge < -0.3 is 21.3 Å². The maximum atomic E-state index is 12.7. The fraction of sp³-hybridized carbons (Fsp3) is 0.292. The van der Waals surface area contributed by atoms with Gasteiger partial charge in [0, 0.05) is 31.5 Å². The summed E-state index contributed by atoms with van der Waals surface area (Å²) in [4.78, 5) is 39.1. The molecule has 0 fully saturated rings. The summed E-state index contributed by atoms with van der Waals surface area (Å²) in [7, 11) is 3.29. The quantitative estimate of drug-likeness (QED) is 0.459. The van der Waals surface area contributed by atoms with Gasteiger partial charge in [0.05, 0.1) is 11.9 Å². The number of primary amides is 1. The Labute approximate surface area is 193 Å². The van der Waals surface area contributed by atoms with Gasteiger partial charge in [-0.3, -0.25) is 14.6 Å². The molecule has 3 aromatic rings. The molecule has 2 aromatic heterocycles. The minimum Gasteiger partial charge on any atom is -0.368 e. The predicted molar refractivity (Wildman–Crippen MR) is 129 cm³/mol. The van der Waals surface area contributed by atoms with Crippen molar-refractivity contribution >= 4 is 29.1 Å². The molecule has 172 valence electrons. The Balaban J connectivity index is 1.90. The predicted octanol–water partition coefficient (Wildman–Crippen LogP) is 3.30. The van der Waals surface area contributed by atoms with Crippen LogP contribution >= 0.6 is 0 Å². The molecule has 0 spiro atoms. The van der Waals surface area contributed by atoms with E-state index in [1.165, 1.54) is 11.1 Å². The fourth-order valence-corrected chi connectivity index (χ4v) is 3.20. The summed E-state index contributed by atoms with van der Waals surface area (Å²) in [6.07, 6.45) is 3.73. The number of carbonyl (C=O) groups is 2. The van der Waals surface area contributed by atoms with Crippen molar-refractivity contribution in [3.8, 4) is 11.3 Å². The van der Waals surface area contributed by atoms with Crippen molar-refractivity contribution in [2.24, 2.45) is 11.7 Å². The summed E-state index contributed by atoms with van der Waals surface area (Å²) in [5.41, 5.74) is 8.26. The number of nitrogens with two attached hydrogens (primary N) is 1. The summed E-state index contributed by atoms with van der Waals surface area (Å²) in [5.74, 6) is 0.112. The number of pyridine rings is 1. The molecule has 1 atom stereocenters. The van der Waals surface area contributed by atoms with Crippen LogP contribution in [0.5, 0.6) is 0 Å². The number of nitrogens with zero attached hydrogens (tertiary/aromatic N) is 4. The van der Waals surface area contributed by atoms with E-state index < -0.39 is 11.9 Å². The van der Waals surface area contributed by atoms with Crippen molar-refractivity contribution < 1.29 is 9.59 Å². The number of hydrogen-bond donors (Lipinski definition) is 3. The van der Waals surface area contributed by atoms with Crippen LogP contribution in [0, 0.1) is 5.92 Å². The summed E-state index contributed by atoms with van der Waals surface area (Å²) in [6, 6.07) is 12.7. The van der Waals surface area contributed by atoms with Gasteiger partial charge in [-0.1, -0.05) is 32.0 Å². The molecule has 0 saturated carbocycles. The van der Waals surface area contributed by atoms with E-state index in [4.69, 9.17) is 5.73 Å². The van der Waals surface area contributed by atoms with E-state index in [0.29, 0.717) is 12.2 Å². The Hall–Kier alpha value is -4.01. The lowest BCUT2D eigenvalue weighted by Crippen LogP contribution is -2.37. The number of amides is 2. The molecule has 0 saturated heterocycles. The van der Waals surface area contributed by atoms with Gasteiger partial charge in [-0.2, -0.15) is 0 Å². The zero-order valence-corrected chi connectivity index (χ0v) is 19.2. The van der Waals surface area contributed by atoms with Crippen LogP contribution in [0.2, 0.25) is 0 Å². The molecule has 0 aliphatic carbocycles. The first-order valence-electron chi connectivity index (χ1n) is 10.7. The minimum absolute atomic E-state index is 0.166. The van der Waals surface area contributed by atoms with Gasteiger partial charge >= 0.3 is 0 Å². The monoisotopic (exact) mass is 447 g/mol. The molecule has 0 bridgehead atoms. The minimum atomic E-state index is -0.597. The van der Waals surface area contributed by atoms with Crippen molar-refractivity contribution in [3.05, 3.63) is 60.6 Å². The van der Waals surface area contributed by atoms with Crippen molar-refractivity contribution in [3.63, 3.8) is 0 Å².